The maximum Gasteiger partial charge on any atom is 0.141 e. The van der Waals surface area contributed by atoms with E-state index in [1.54, 1.807) is 0 Å². The van der Waals surface area contributed by atoms with E-state index in [1.807, 2.05) is 37.3 Å². The first-order valence-corrected chi connectivity index (χ1v) is 10.4. The molecule has 3 nitrogen and oxygen atoms in total. The molecule has 1 saturated carbocycles. The average molecular weight is 369 g/mol. The summed E-state index contributed by atoms with van der Waals surface area (Å²) in [6, 6.07) is 7.87. The number of hydrogen-bond acceptors (Lipinski definition) is 3. The molecule has 2 fully saturated rings. The van der Waals surface area contributed by atoms with Gasteiger partial charge in [0.05, 0.1) is 25.9 Å². The van der Waals surface area contributed by atoms with Crippen molar-refractivity contribution in [2.45, 2.75) is 57.7 Å². The Morgan fingerprint density at radius 3 is 2.52 bits per heavy atom. The van der Waals surface area contributed by atoms with E-state index in [9.17, 15) is 0 Å². The predicted molar refractivity (Wildman–Crippen MR) is 109 cm³/mol. The number of benzene rings is 1. The topological polar surface area (TPSA) is 27.7 Å². The highest BCUT2D eigenvalue weighted by atomic mass is 16.6. The number of allylic oxidation sites excluding steroid dienone is 1. The number of hydrogen-bond donors (Lipinski definition) is 0. The van der Waals surface area contributed by atoms with Gasteiger partial charge in [0, 0.05) is 5.56 Å². The van der Waals surface area contributed by atoms with Crippen molar-refractivity contribution in [1.29, 1.82) is 0 Å². The molecule has 0 spiro atoms. The lowest BCUT2D eigenvalue weighted by molar-refractivity contribution is -0.138. The summed E-state index contributed by atoms with van der Waals surface area (Å²) in [4.78, 5) is 0. The monoisotopic (exact) mass is 368 g/mol. The normalized spacial score (nSPS) is 28.0. The van der Waals surface area contributed by atoms with Gasteiger partial charge < -0.3 is 14.2 Å². The van der Waals surface area contributed by atoms with Gasteiger partial charge in [-0.3, -0.25) is 0 Å². The van der Waals surface area contributed by atoms with Gasteiger partial charge in [-0.2, -0.15) is 0 Å². The number of rotatable bonds is 6. The summed E-state index contributed by atoms with van der Waals surface area (Å²) in [7, 11) is 0. The van der Waals surface area contributed by atoms with Crippen LogP contribution in [0.2, 0.25) is 0 Å². The van der Waals surface area contributed by atoms with Crippen molar-refractivity contribution in [2.75, 3.05) is 19.8 Å². The third-order valence-electron chi connectivity index (χ3n) is 5.66. The standard InChI is InChI=1S/C24H32O3/c1-3-5-6-19-7-12-21(13-8-19)24-18-26-23(17-27-24)16-11-20-9-14-22(15-10-20)25-4-2/h3,9-10,14-15,19,21,23-24H,1,4-8,12-13,17-18H2,2H3/t19-,21-,23-,24?/m0/s1. The van der Waals surface area contributed by atoms with Gasteiger partial charge in [-0.1, -0.05) is 30.8 Å². The van der Waals surface area contributed by atoms with E-state index in [1.165, 1.54) is 32.1 Å². The molecule has 3 rings (SSSR count). The van der Waals surface area contributed by atoms with Crippen LogP contribution in [0.25, 0.3) is 0 Å². The van der Waals surface area contributed by atoms with Crippen molar-refractivity contribution in [2.24, 2.45) is 11.8 Å². The van der Waals surface area contributed by atoms with Crippen LogP contribution in [0.1, 0.15) is 51.0 Å². The fourth-order valence-electron chi connectivity index (χ4n) is 4.04. The highest BCUT2D eigenvalue weighted by Crippen LogP contribution is 2.35. The Morgan fingerprint density at radius 1 is 1.11 bits per heavy atom. The third kappa shape index (κ3) is 6.13. The largest absolute Gasteiger partial charge is 0.494 e. The van der Waals surface area contributed by atoms with Crippen LogP contribution in [0.5, 0.6) is 5.75 Å². The van der Waals surface area contributed by atoms with Crippen LogP contribution >= 0.6 is 0 Å². The Morgan fingerprint density at radius 2 is 1.89 bits per heavy atom. The summed E-state index contributed by atoms with van der Waals surface area (Å²) in [5, 5.41) is 0. The lowest BCUT2D eigenvalue weighted by Gasteiger charge is -2.36. The summed E-state index contributed by atoms with van der Waals surface area (Å²) >= 11 is 0. The molecule has 146 valence electrons. The molecule has 0 N–H and O–H groups in total. The highest BCUT2D eigenvalue weighted by molar-refractivity contribution is 5.38. The lowest BCUT2D eigenvalue weighted by atomic mass is 9.77. The van der Waals surface area contributed by atoms with Crippen molar-refractivity contribution in [3.8, 4) is 17.6 Å². The molecule has 0 amide bonds. The first-order valence-electron chi connectivity index (χ1n) is 10.4. The summed E-state index contributed by atoms with van der Waals surface area (Å²) in [6.07, 6.45) is 9.76. The zero-order chi connectivity index (χ0) is 18.9. The fourth-order valence-corrected chi connectivity index (χ4v) is 4.04. The van der Waals surface area contributed by atoms with E-state index in [4.69, 9.17) is 14.2 Å². The molecule has 0 aromatic heterocycles. The molecule has 1 unspecified atom stereocenters. The maximum atomic E-state index is 6.12. The second-order valence-electron chi connectivity index (χ2n) is 7.57. The van der Waals surface area contributed by atoms with E-state index in [0.29, 0.717) is 25.7 Å². The third-order valence-corrected chi connectivity index (χ3v) is 5.66. The van der Waals surface area contributed by atoms with Crippen LogP contribution in [0, 0.1) is 23.7 Å². The minimum absolute atomic E-state index is 0.128. The maximum absolute atomic E-state index is 6.12. The second-order valence-corrected chi connectivity index (χ2v) is 7.57. The van der Waals surface area contributed by atoms with Crippen LogP contribution in [-0.2, 0) is 9.47 Å². The van der Waals surface area contributed by atoms with Crippen LogP contribution < -0.4 is 4.74 Å². The minimum atomic E-state index is -0.128. The van der Waals surface area contributed by atoms with Gasteiger partial charge in [0.15, 0.2) is 0 Å². The highest BCUT2D eigenvalue weighted by Gasteiger charge is 2.31. The zero-order valence-electron chi connectivity index (χ0n) is 16.5. The van der Waals surface area contributed by atoms with Gasteiger partial charge in [0.25, 0.3) is 0 Å². The van der Waals surface area contributed by atoms with Gasteiger partial charge in [-0.05, 0) is 68.7 Å². The summed E-state index contributed by atoms with van der Waals surface area (Å²) < 4.78 is 17.6. The predicted octanol–water partition coefficient (Wildman–Crippen LogP) is 4.99. The molecule has 1 saturated heterocycles. The van der Waals surface area contributed by atoms with Crippen molar-refractivity contribution in [3.63, 3.8) is 0 Å². The van der Waals surface area contributed by atoms with Crippen molar-refractivity contribution in [1.82, 2.24) is 0 Å². The second kappa shape index (κ2) is 10.5. The van der Waals surface area contributed by atoms with Gasteiger partial charge in [-0.25, -0.2) is 0 Å². The first-order chi connectivity index (χ1) is 13.3. The molecule has 1 aromatic rings. The van der Waals surface area contributed by atoms with Gasteiger partial charge >= 0.3 is 0 Å². The summed E-state index contributed by atoms with van der Waals surface area (Å²) in [5.41, 5.74) is 0.974. The molecule has 1 aliphatic carbocycles. The lowest BCUT2D eigenvalue weighted by Crippen LogP contribution is -2.40. The summed E-state index contributed by atoms with van der Waals surface area (Å²) in [5.74, 6) is 8.77. The van der Waals surface area contributed by atoms with Crippen molar-refractivity contribution in [3.05, 3.63) is 42.5 Å². The average Bonchev–Trinajstić information content (AvgIpc) is 2.73. The smallest absolute Gasteiger partial charge is 0.141 e. The summed E-state index contributed by atoms with van der Waals surface area (Å²) in [6.45, 7) is 7.74. The van der Waals surface area contributed by atoms with Crippen molar-refractivity contribution >= 4 is 0 Å². The molecule has 0 bridgehead atoms. The van der Waals surface area contributed by atoms with E-state index >= 15 is 0 Å². The van der Waals surface area contributed by atoms with Gasteiger partial charge in [0.2, 0.25) is 0 Å². The molecule has 1 heterocycles. The molecule has 3 heteroatoms. The minimum Gasteiger partial charge on any atom is -0.494 e. The Labute approximate surface area is 164 Å². The Balaban J connectivity index is 1.41. The van der Waals surface area contributed by atoms with Crippen LogP contribution in [-0.4, -0.2) is 32.0 Å². The first kappa shape index (κ1) is 20.0. The Kier molecular flexibility index (Phi) is 7.80. The molecule has 2 aliphatic rings. The molecule has 1 aromatic carbocycles. The zero-order valence-corrected chi connectivity index (χ0v) is 16.5. The molecule has 1 aliphatic heterocycles. The van der Waals surface area contributed by atoms with E-state index in [0.717, 1.165) is 23.7 Å². The van der Waals surface area contributed by atoms with Crippen LogP contribution in [0.15, 0.2) is 36.9 Å². The Bertz CT molecular complexity index is 624. The molecular formula is C24H32O3. The molecule has 2 atom stereocenters. The van der Waals surface area contributed by atoms with Crippen LogP contribution in [0.3, 0.4) is 0 Å². The SMILES string of the molecule is C=CCC[C@H]1CC[C@H](C2CO[C@@H](C#Cc3ccc(OCC)cc3)CO2)CC1. The number of ether oxygens (including phenoxy) is 3. The molecule has 0 radical (unpaired) electrons. The Hall–Kier alpha value is -1.76. The van der Waals surface area contributed by atoms with Gasteiger partial charge in [-0.15, -0.1) is 6.58 Å². The van der Waals surface area contributed by atoms with E-state index in [2.05, 4.69) is 18.4 Å². The molecule has 27 heavy (non-hydrogen) atoms. The fraction of sp³-hybridized carbons (Fsp3) is 0.583. The van der Waals surface area contributed by atoms with E-state index < -0.39 is 0 Å². The molecular weight excluding hydrogens is 336 g/mol. The quantitative estimate of drug-likeness (QED) is 0.523. The van der Waals surface area contributed by atoms with Crippen molar-refractivity contribution < 1.29 is 14.2 Å². The van der Waals surface area contributed by atoms with Gasteiger partial charge in [0.1, 0.15) is 11.9 Å². The van der Waals surface area contributed by atoms with Crippen LogP contribution in [0.4, 0.5) is 0 Å². The van der Waals surface area contributed by atoms with E-state index in [-0.39, 0.29) is 12.2 Å².